The molecule has 1 fully saturated rings. The molecule has 0 aliphatic carbocycles. The number of fused-ring (bicyclic) bond motifs is 1. The van der Waals surface area contributed by atoms with Crippen molar-refractivity contribution in [2.75, 3.05) is 25.5 Å². The number of aromatic nitrogens is 1. The van der Waals surface area contributed by atoms with Crippen LogP contribution in [0.15, 0.2) is 65.0 Å². The number of nitro groups is 1. The average molecular weight is 593 g/mol. The first-order chi connectivity index (χ1) is 19.7. The van der Waals surface area contributed by atoms with E-state index in [1.165, 1.54) is 42.3 Å². The van der Waals surface area contributed by atoms with E-state index in [-0.39, 0.29) is 29.7 Å². The molecular weight excluding hydrogens is 564 g/mol. The molecule has 0 spiro atoms. The first-order valence-electron chi connectivity index (χ1n) is 12.9. The molecule has 41 heavy (non-hydrogen) atoms. The van der Waals surface area contributed by atoms with Gasteiger partial charge in [-0.25, -0.2) is 4.98 Å². The molecule has 5 rings (SSSR count). The number of hydrogen-bond acceptors (Lipinski definition) is 9. The Morgan fingerprint density at radius 3 is 2.56 bits per heavy atom. The zero-order chi connectivity index (χ0) is 29.1. The highest BCUT2D eigenvalue weighted by atomic mass is 32.2. The van der Waals surface area contributed by atoms with E-state index in [0.717, 1.165) is 14.6 Å². The number of non-ortho nitro benzene ring substituents is 1. The minimum atomic E-state index is -0.432. The predicted octanol–water partition coefficient (Wildman–Crippen LogP) is 6.01. The Morgan fingerprint density at radius 2 is 1.85 bits per heavy atom. The van der Waals surface area contributed by atoms with Crippen LogP contribution in [0, 0.1) is 10.1 Å². The van der Waals surface area contributed by atoms with Gasteiger partial charge in [-0.2, -0.15) is 0 Å². The Kier molecular flexibility index (Phi) is 8.52. The van der Waals surface area contributed by atoms with E-state index < -0.39 is 4.92 Å². The summed E-state index contributed by atoms with van der Waals surface area (Å²) in [6.45, 7) is 4.79. The first-order valence-corrected chi connectivity index (χ1v) is 14.7. The van der Waals surface area contributed by atoms with Crippen LogP contribution in [0.3, 0.4) is 0 Å². The number of thioether (sulfide) groups is 1. The maximum atomic E-state index is 13.3. The molecule has 10 nitrogen and oxygen atoms in total. The molecule has 2 atom stereocenters. The molecule has 1 saturated heterocycles. The highest BCUT2D eigenvalue weighted by Gasteiger charge is 2.29. The van der Waals surface area contributed by atoms with Gasteiger partial charge in [0.05, 0.1) is 45.6 Å². The van der Waals surface area contributed by atoms with E-state index in [4.69, 9.17) is 9.47 Å². The number of morpholine rings is 1. The Balaban J connectivity index is 1.30. The van der Waals surface area contributed by atoms with Gasteiger partial charge >= 0.3 is 0 Å². The maximum Gasteiger partial charge on any atom is 0.270 e. The molecule has 1 aliphatic heterocycles. The Bertz CT molecular complexity index is 1610. The van der Waals surface area contributed by atoms with Gasteiger partial charge in [0, 0.05) is 42.2 Å². The summed E-state index contributed by atoms with van der Waals surface area (Å²) in [7, 11) is 1.53. The summed E-state index contributed by atoms with van der Waals surface area (Å²) < 4.78 is 12.8. The van der Waals surface area contributed by atoms with Gasteiger partial charge in [0.2, 0.25) is 0 Å². The van der Waals surface area contributed by atoms with Crippen LogP contribution >= 0.6 is 23.1 Å². The minimum absolute atomic E-state index is 0.00317. The summed E-state index contributed by atoms with van der Waals surface area (Å²) in [5.41, 5.74) is 2.71. The van der Waals surface area contributed by atoms with E-state index in [1.807, 2.05) is 26.0 Å². The molecule has 0 saturated carbocycles. The van der Waals surface area contributed by atoms with E-state index >= 15 is 0 Å². The summed E-state index contributed by atoms with van der Waals surface area (Å²) >= 11 is 2.91. The fourth-order valence-electron chi connectivity index (χ4n) is 4.75. The third kappa shape index (κ3) is 6.50. The van der Waals surface area contributed by atoms with E-state index in [1.54, 1.807) is 41.3 Å². The molecule has 12 heteroatoms. The lowest BCUT2D eigenvalue weighted by Crippen LogP contribution is -2.48. The van der Waals surface area contributed by atoms with Gasteiger partial charge in [-0.3, -0.25) is 19.7 Å². The van der Waals surface area contributed by atoms with Crippen molar-refractivity contribution in [3.63, 3.8) is 0 Å². The van der Waals surface area contributed by atoms with Crippen molar-refractivity contribution in [2.24, 2.45) is 0 Å². The molecule has 0 bridgehead atoms. The molecule has 1 aliphatic rings. The molecule has 2 amide bonds. The molecule has 0 unspecified atom stereocenters. The second-order valence-corrected chi connectivity index (χ2v) is 11.9. The number of thiazole rings is 1. The Labute approximate surface area is 244 Å². The highest BCUT2D eigenvalue weighted by Crippen LogP contribution is 2.35. The first kappa shape index (κ1) is 28.5. The van der Waals surface area contributed by atoms with Gasteiger partial charge in [0.15, 0.2) is 4.34 Å². The SMILES string of the molecule is COc1ccc([N+](=O)[O-])cc1CSc1nc2ccc(NC(=O)c3ccccc3C(=O)N3C[C@@H](C)O[C@H](C)C3)cc2s1. The van der Waals surface area contributed by atoms with Crippen molar-refractivity contribution in [3.05, 3.63) is 87.5 Å². The number of nitrogens with one attached hydrogen (secondary N) is 1. The van der Waals surface area contributed by atoms with Crippen LogP contribution in [0.25, 0.3) is 10.2 Å². The topological polar surface area (TPSA) is 124 Å². The molecular formula is C29H28N4O6S2. The molecule has 1 aromatic heterocycles. The second-order valence-electron chi connectivity index (χ2n) is 9.67. The molecule has 212 valence electrons. The van der Waals surface area contributed by atoms with Crippen LogP contribution in [0.4, 0.5) is 11.4 Å². The number of rotatable bonds is 8. The average Bonchev–Trinajstić information content (AvgIpc) is 3.37. The molecule has 4 aromatic rings. The van der Waals surface area contributed by atoms with E-state index in [0.29, 0.717) is 47.0 Å². The number of amides is 2. The van der Waals surface area contributed by atoms with Gasteiger partial charge in [-0.1, -0.05) is 23.9 Å². The normalized spacial score (nSPS) is 16.9. The van der Waals surface area contributed by atoms with Crippen molar-refractivity contribution >= 4 is 56.5 Å². The number of benzene rings is 3. The number of carbonyl (C=O) groups is 2. The van der Waals surface area contributed by atoms with Crippen molar-refractivity contribution in [1.82, 2.24) is 9.88 Å². The fourth-order valence-corrected chi connectivity index (χ4v) is 6.84. The lowest BCUT2D eigenvalue weighted by molar-refractivity contribution is -0.384. The fraction of sp³-hybridized carbons (Fsp3) is 0.276. The number of carbonyl (C=O) groups excluding carboxylic acids is 2. The molecule has 2 heterocycles. The van der Waals surface area contributed by atoms with Crippen LogP contribution in [-0.2, 0) is 10.5 Å². The number of methoxy groups -OCH3 is 1. The number of nitro benzene ring substituents is 1. The third-order valence-electron chi connectivity index (χ3n) is 6.56. The van der Waals surface area contributed by atoms with Gasteiger partial charge in [-0.05, 0) is 50.2 Å². The quantitative estimate of drug-likeness (QED) is 0.150. The Hall–Kier alpha value is -4.00. The summed E-state index contributed by atoms with van der Waals surface area (Å²) in [5, 5.41) is 14.1. The largest absolute Gasteiger partial charge is 0.496 e. The van der Waals surface area contributed by atoms with Crippen molar-refractivity contribution in [2.45, 2.75) is 36.1 Å². The number of nitrogens with zero attached hydrogens (tertiary/aromatic N) is 3. The van der Waals surface area contributed by atoms with Gasteiger partial charge < -0.3 is 19.7 Å². The van der Waals surface area contributed by atoms with E-state index in [9.17, 15) is 19.7 Å². The summed E-state index contributed by atoms with van der Waals surface area (Å²) in [4.78, 5) is 43.8. The third-order valence-corrected chi connectivity index (χ3v) is 8.77. The van der Waals surface area contributed by atoms with Crippen LogP contribution < -0.4 is 10.1 Å². The van der Waals surface area contributed by atoms with Crippen LogP contribution in [0.5, 0.6) is 5.75 Å². The van der Waals surface area contributed by atoms with Crippen molar-refractivity contribution in [3.8, 4) is 5.75 Å². The lowest BCUT2D eigenvalue weighted by Gasteiger charge is -2.35. The predicted molar refractivity (Wildman–Crippen MR) is 159 cm³/mol. The monoisotopic (exact) mass is 592 g/mol. The zero-order valence-corrected chi connectivity index (χ0v) is 24.3. The molecule has 1 N–H and O–H groups in total. The standard InChI is InChI=1S/C29H28N4O6S2/c1-17-14-32(15-18(2)39-17)28(35)23-7-5-4-6-22(23)27(34)30-20-8-10-24-26(13-20)41-29(31-24)40-16-19-12-21(33(36)37)9-11-25(19)38-3/h4-13,17-18H,14-16H2,1-3H3,(H,30,34)/t17-,18-/m1/s1. The van der Waals surface area contributed by atoms with Crippen LogP contribution in [0.1, 0.15) is 40.1 Å². The highest BCUT2D eigenvalue weighted by molar-refractivity contribution is 8.00. The smallest absolute Gasteiger partial charge is 0.270 e. The van der Waals surface area contributed by atoms with Gasteiger partial charge in [0.1, 0.15) is 5.75 Å². The minimum Gasteiger partial charge on any atom is -0.496 e. The zero-order valence-electron chi connectivity index (χ0n) is 22.7. The van der Waals surface area contributed by atoms with E-state index in [2.05, 4.69) is 10.3 Å². The van der Waals surface area contributed by atoms with Crippen molar-refractivity contribution < 1.29 is 24.0 Å². The number of hydrogen-bond donors (Lipinski definition) is 1. The number of anilines is 1. The summed E-state index contributed by atoms with van der Waals surface area (Å²) in [5.74, 6) is 0.447. The summed E-state index contributed by atoms with van der Waals surface area (Å²) in [6, 6.07) is 16.8. The van der Waals surface area contributed by atoms with Crippen molar-refractivity contribution in [1.29, 1.82) is 0 Å². The lowest BCUT2D eigenvalue weighted by atomic mass is 10.0. The van der Waals surface area contributed by atoms with Crippen LogP contribution in [-0.4, -0.2) is 59.0 Å². The van der Waals surface area contributed by atoms with Crippen LogP contribution in [0.2, 0.25) is 0 Å². The Morgan fingerprint density at radius 1 is 1.12 bits per heavy atom. The summed E-state index contributed by atoms with van der Waals surface area (Å²) in [6.07, 6.45) is -0.155. The van der Waals surface area contributed by atoms with Gasteiger partial charge in [0.25, 0.3) is 17.5 Å². The maximum absolute atomic E-state index is 13.3. The second kappa shape index (κ2) is 12.2. The molecule has 0 radical (unpaired) electrons. The van der Waals surface area contributed by atoms with Gasteiger partial charge in [-0.15, -0.1) is 11.3 Å². The number of ether oxygens (including phenoxy) is 2. The molecule has 3 aromatic carbocycles.